The summed E-state index contributed by atoms with van der Waals surface area (Å²) in [5.41, 5.74) is 1.09. The van der Waals surface area contributed by atoms with Gasteiger partial charge in [-0.3, -0.25) is 4.79 Å². The van der Waals surface area contributed by atoms with Gasteiger partial charge >= 0.3 is 5.97 Å². The number of carbonyl (C=O) groups excluding carboxylic acids is 1. The fraction of sp³-hybridized carbons (Fsp3) is 0.556. The number of nitrogens with zero attached hydrogens (tertiary/aromatic N) is 1. The Morgan fingerprint density at radius 1 is 1.17 bits per heavy atom. The molecule has 5 heteroatoms. The van der Waals surface area contributed by atoms with Crippen LogP contribution in [0.3, 0.4) is 0 Å². The maximum atomic E-state index is 12.4. The van der Waals surface area contributed by atoms with Crippen molar-refractivity contribution in [3.63, 3.8) is 0 Å². The van der Waals surface area contributed by atoms with Crippen LogP contribution in [0.1, 0.15) is 41.6 Å². The highest BCUT2D eigenvalue weighted by Gasteiger charge is 2.27. The number of carboxylic acids is 1. The third-order valence-electron chi connectivity index (χ3n) is 4.55. The van der Waals surface area contributed by atoms with E-state index in [0.29, 0.717) is 13.0 Å². The quantitative estimate of drug-likeness (QED) is 0.874. The maximum Gasteiger partial charge on any atom is 0.335 e. The predicted octanol–water partition coefficient (Wildman–Crippen LogP) is 2.34. The van der Waals surface area contributed by atoms with Crippen LogP contribution >= 0.6 is 0 Å². The van der Waals surface area contributed by atoms with Crippen LogP contribution < -0.4 is 0 Å². The first-order valence-corrected chi connectivity index (χ1v) is 8.33. The molecule has 0 spiro atoms. The van der Waals surface area contributed by atoms with Crippen LogP contribution in [0.15, 0.2) is 24.3 Å². The smallest absolute Gasteiger partial charge is 0.335 e. The molecule has 1 saturated heterocycles. The molecule has 1 aliphatic carbocycles. The van der Waals surface area contributed by atoms with Gasteiger partial charge in [0.15, 0.2) is 0 Å². The number of carboxylic acid groups (broad SMARTS) is 1. The van der Waals surface area contributed by atoms with Crippen molar-refractivity contribution in [1.82, 2.24) is 4.90 Å². The van der Waals surface area contributed by atoms with Gasteiger partial charge in [-0.25, -0.2) is 4.79 Å². The van der Waals surface area contributed by atoms with Gasteiger partial charge in [0.25, 0.3) is 0 Å². The lowest BCUT2D eigenvalue weighted by atomic mass is 10.1. The topological polar surface area (TPSA) is 66.8 Å². The number of hydrogen-bond acceptors (Lipinski definition) is 3. The third kappa shape index (κ3) is 4.55. The van der Waals surface area contributed by atoms with E-state index in [1.54, 1.807) is 24.3 Å². The van der Waals surface area contributed by atoms with E-state index < -0.39 is 5.97 Å². The molecule has 1 amide bonds. The molecule has 1 aliphatic heterocycles. The van der Waals surface area contributed by atoms with Crippen molar-refractivity contribution in [2.45, 2.75) is 38.2 Å². The third-order valence-corrected chi connectivity index (χ3v) is 4.55. The summed E-state index contributed by atoms with van der Waals surface area (Å²) in [4.78, 5) is 25.2. The molecule has 0 aromatic heterocycles. The second kappa shape index (κ2) is 7.13. The monoisotopic (exact) mass is 317 g/mol. The van der Waals surface area contributed by atoms with Crippen LogP contribution in [0, 0.1) is 5.92 Å². The molecular weight excluding hydrogens is 294 g/mol. The van der Waals surface area contributed by atoms with Crippen molar-refractivity contribution in [1.29, 1.82) is 0 Å². The standard InChI is InChI=1S/C18H23NO4/c20-17(10-13-5-7-15(8-6-13)18(21)22)19-9-1-2-16(11-19)23-12-14-3-4-14/h5-8,14,16H,1-4,9-12H2,(H,21,22). The fourth-order valence-electron chi connectivity index (χ4n) is 2.91. The van der Waals surface area contributed by atoms with Crippen molar-refractivity contribution < 1.29 is 19.4 Å². The Hall–Kier alpha value is -1.88. The number of aromatic carboxylic acids is 1. The number of hydrogen-bond donors (Lipinski definition) is 1. The number of carbonyl (C=O) groups is 2. The van der Waals surface area contributed by atoms with Crippen LogP contribution in [0.2, 0.25) is 0 Å². The summed E-state index contributed by atoms with van der Waals surface area (Å²) in [6.45, 7) is 2.30. The lowest BCUT2D eigenvalue weighted by molar-refractivity contribution is -0.134. The van der Waals surface area contributed by atoms with E-state index in [-0.39, 0.29) is 17.6 Å². The molecule has 0 bridgehead atoms. The van der Waals surface area contributed by atoms with E-state index >= 15 is 0 Å². The fourth-order valence-corrected chi connectivity index (χ4v) is 2.91. The van der Waals surface area contributed by atoms with Crippen LogP contribution in [0.4, 0.5) is 0 Å². The van der Waals surface area contributed by atoms with Gasteiger partial charge < -0.3 is 14.7 Å². The summed E-state index contributed by atoms with van der Waals surface area (Å²) in [5.74, 6) is -0.115. The molecule has 2 fully saturated rings. The van der Waals surface area contributed by atoms with E-state index in [2.05, 4.69) is 0 Å². The number of likely N-dealkylation sites (tertiary alicyclic amines) is 1. The van der Waals surface area contributed by atoms with Crippen LogP contribution in [0.5, 0.6) is 0 Å². The van der Waals surface area contributed by atoms with Crippen molar-refractivity contribution in [2.24, 2.45) is 5.92 Å². The van der Waals surface area contributed by atoms with Gasteiger partial charge in [0.05, 0.1) is 18.1 Å². The molecule has 1 saturated carbocycles. The lowest BCUT2D eigenvalue weighted by Gasteiger charge is -2.33. The first-order chi connectivity index (χ1) is 11.1. The van der Waals surface area contributed by atoms with Crippen LogP contribution in [0.25, 0.3) is 0 Å². The lowest BCUT2D eigenvalue weighted by Crippen LogP contribution is -2.44. The highest BCUT2D eigenvalue weighted by atomic mass is 16.5. The Bertz CT molecular complexity index is 565. The molecule has 5 nitrogen and oxygen atoms in total. The molecule has 23 heavy (non-hydrogen) atoms. The van der Waals surface area contributed by atoms with Gasteiger partial charge in [-0.2, -0.15) is 0 Å². The number of rotatable bonds is 6. The highest BCUT2D eigenvalue weighted by Crippen LogP contribution is 2.30. The summed E-state index contributed by atoms with van der Waals surface area (Å²) >= 11 is 0. The zero-order valence-electron chi connectivity index (χ0n) is 13.2. The first-order valence-electron chi connectivity index (χ1n) is 8.33. The summed E-state index contributed by atoms with van der Waals surface area (Å²) in [7, 11) is 0. The van der Waals surface area contributed by atoms with Gasteiger partial charge in [-0.05, 0) is 49.3 Å². The average molecular weight is 317 g/mol. The van der Waals surface area contributed by atoms with E-state index in [1.807, 2.05) is 4.90 Å². The Kier molecular flexibility index (Phi) is 4.96. The van der Waals surface area contributed by atoms with E-state index in [0.717, 1.165) is 37.5 Å². The van der Waals surface area contributed by atoms with Gasteiger partial charge in [0.2, 0.25) is 5.91 Å². The van der Waals surface area contributed by atoms with Gasteiger partial charge in [0, 0.05) is 19.7 Å². The Morgan fingerprint density at radius 2 is 1.91 bits per heavy atom. The molecule has 2 aliphatic rings. The van der Waals surface area contributed by atoms with Crippen molar-refractivity contribution in [3.05, 3.63) is 35.4 Å². The largest absolute Gasteiger partial charge is 0.478 e. The molecule has 1 aromatic rings. The summed E-state index contributed by atoms with van der Waals surface area (Å²) in [5, 5.41) is 8.90. The molecule has 3 rings (SSSR count). The molecule has 0 radical (unpaired) electrons. The maximum absolute atomic E-state index is 12.4. The number of ether oxygens (including phenoxy) is 1. The van der Waals surface area contributed by atoms with Crippen molar-refractivity contribution in [3.8, 4) is 0 Å². The molecule has 1 aromatic carbocycles. The zero-order valence-corrected chi connectivity index (χ0v) is 13.2. The molecule has 1 atom stereocenters. The normalized spacial score (nSPS) is 21.2. The number of amides is 1. The predicted molar refractivity (Wildman–Crippen MR) is 85.4 cm³/mol. The Morgan fingerprint density at radius 3 is 2.57 bits per heavy atom. The SMILES string of the molecule is O=C(O)c1ccc(CC(=O)N2CCCC(OCC3CC3)C2)cc1. The van der Waals surface area contributed by atoms with Gasteiger partial charge in [-0.1, -0.05) is 12.1 Å². The minimum Gasteiger partial charge on any atom is -0.478 e. The Balaban J connectivity index is 1.51. The first kappa shape index (κ1) is 16.0. The van der Waals surface area contributed by atoms with Crippen molar-refractivity contribution >= 4 is 11.9 Å². The second-order valence-corrected chi connectivity index (χ2v) is 6.56. The Labute approximate surface area is 136 Å². The minimum absolute atomic E-state index is 0.0906. The summed E-state index contributed by atoms with van der Waals surface area (Å²) in [6, 6.07) is 6.52. The molecular formula is C18H23NO4. The van der Waals surface area contributed by atoms with Crippen molar-refractivity contribution in [2.75, 3.05) is 19.7 Å². The van der Waals surface area contributed by atoms with E-state index in [9.17, 15) is 9.59 Å². The summed E-state index contributed by atoms with van der Waals surface area (Å²) < 4.78 is 5.92. The molecule has 1 heterocycles. The molecule has 1 N–H and O–H groups in total. The average Bonchev–Trinajstić information content (AvgIpc) is 3.38. The number of benzene rings is 1. The summed E-state index contributed by atoms with van der Waals surface area (Å²) in [6.07, 6.45) is 5.06. The van der Waals surface area contributed by atoms with Gasteiger partial charge in [-0.15, -0.1) is 0 Å². The van der Waals surface area contributed by atoms with Crippen LogP contribution in [-0.4, -0.2) is 47.7 Å². The van der Waals surface area contributed by atoms with E-state index in [1.165, 1.54) is 12.8 Å². The highest BCUT2D eigenvalue weighted by molar-refractivity contribution is 5.87. The second-order valence-electron chi connectivity index (χ2n) is 6.56. The molecule has 1 unspecified atom stereocenters. The van der Waals surface area contributed by atoms with Gasteiger partial charge in [0.1, 0.15) is 0 Å². The number of piperidine rings is 1. The van der Waals surface area contributed by atoms with E-state index in [4.69, 9.17) is 9.84 Å². The molecule has 124 valence electrons. The zero-order chi connectivity index (χ0) is 16.2. The minimum atomic E-state index is -0.949. The van der Waals surface area contributed by atoms with Crippen LogP contribution in [-0.2, 0) is 16.0 Å².